The molecule has 1 heterocycles. The molecular formula is C22H23NO2S2. The summed E-state index contributed by atoms with van der Waals surface area (Å²) in [5.41, 5.74) is 2.37. The van der Waals surface area contributed by atoms with E-state index in [9.17, 15) is 4.79 Å². The van der Waals surface area contributed by atoms with E-state index in [1.165, 1.54) is 16.2 Å². The Bertz CT molecular complexity index is 910. The van der Waals surface area contributed by atoms with E-state index in [4.69, 9.17) is 4.74 Å². The van der Waals surface area contributed by atoms with Crippen LogP contribution in [0.5, 0.6) is 0 Å². The second kappa shape index (κ2) is 8.28. The molecule has 0 aliphatic heterocycles. The highest BCUT2D eigenvalue weighted by molar-refractivity contribution is 8.00. The van der Waals surface area contributed by atoms with Crippen LogP contribution in [-0.2, 0) is 4.74 Å². The number of thioether (sulfide) groups is 1. The van der Waals surface area contributed by atoms with Crippen molar-refractivity contribution in [2.45, 2.75) is 37.3 Å². The number of aromatic nitrogens is 1. The molecule has 3 rings (SSSR count). The van der Waals surface area contributed by atoms with Gasteiger partial charge in [-0.15, -0.1) is 23.1 Å². The van der Waals surface area contributed by atoms with Crippen molar-refractivity contribution in [3.63, 3.8) is 0 Å². The Morgan fingerprint density at radius 1 is 1.04 bits per heavy atom. The lowest BCUT2D eigenvalue weighted by Crippen LogP contribution is -2.06. The van der Waals surface area contributed by atoms with E-state index in [0.29, 0.717) is 12.3 Å². The quantitative estimate of drug-likeness (QED) is 0.362. The molecule has 0 bridgehead atoms. The van der Waals surface area contributed by atoms with Gasteiger partial charge in [-0.25, -0.2) is 9.78 Å². The fraction of sp³-hybridized carbons (Fsp3) is 0.273. The summed E-state index contributed by atoms with van der Waals surface area (Å²) in [4.78, 5) is 19.1. The topological polar surface area (TPSA) is 39.2 Å². The van der Waals surface area contributed by atoms with Crippen molar-refractivity contribution in [2.24, 2.45) is 0 Å². The van der Waals surface area contributed by atoms with E-state index >= 15 is 0 Å². The van der Waals surface area contributed by atoms with Crippen LogP contribution in [0.1, 0.15) is 38.2 Å². The predicted octanol–water partition coefficient (Wildman–Crippen LogP) is 6.54. The number of thiazole rings is 1. The lowest BCUT2D eigenvalue weighted by molar-refractivity contribution is 0.0521. The second-order valence-corrected chi connectivity index (χ2v) is 9.92. The molecule has 0 unspecified atom stereocenters. The zero-order chi connectivity index (χ0) is 19.4. The summed E-state index contributed by atoms with van der Waals surface area (Å²) in [7, 11) is 0. The third-order valence-corrected chi connectivity index (χ3v) is 5.93. The maximum absolute atomic E-state index is 12.4. The molecule has 0 spiro atoms. The summed E-state index contributed by atoms with van der Waals surface area (Å²) < 4.78 is 5.38. The average Bonchev–Trinajstić information content (AvgIpc) is 3.07. The van der Waals surface area contributed by atoms with Gasteiger partial charge in [-0.3, -0.25) is 0 Å². The van der Waals surface area contributed by atoms with Gasteiger partial charge in [0.15, 0.2) is 5.69 Å². The van der Waals surface area contributed by atoms with Crippen LogP contribution in [0, 0.1) is 0 Å². The van der Waals surface area contributed by atoms with E-state index in [-0.39, 0.29) is 10.7 Å². The molecule has 1 aromatic heterocycles. The number of carbonyl (C=O) groups is 1. The Morgan fingerprint density at radius 2 is 1.70 bits per heavy atom. The van der Waals surface area contributed by atoms with Crippen LogP contribution >= 0.6 is 23.1 Å². The Labute approximate surface area is 168 Å². The summed E-state index contributed by atoms with van der Waals surface area (Å²) >= 11 is 3.35. The number of hydrogen-bond acceptors (Lipinski definition) is 5. The summed E-state index contributed by atoms with van der Waals surface area (Å²) in [5.74, 6) is -0.376. The second-order valence-electron chi connectivity index (χ2n) is 7.02. The molecule has 2 aromatic carbocycles. The van der Waals surface area contributed by atoms with Gasteiger partial charge in [0.1, 0.15) is 5.01 Å². The van der Waals surface area contributed by atoms with E-state index < -0.39 is 0 Å². The molecule has 0 aliphatic rings. The van der Waals surface area contributed by atoms with Crippen molar-refractivity contribution >= 4 is 29.1 Å². The minimum atomic E-state index is -0.376. The molecule has 27 heavy (non-hydrogen) atoms. The molecule has 0 radical (unpaired) electrons. The molecule has 0 aliphatic carbocycles. The molecule has 3 aromatic rings. The van der Waals surface area contributed by atoms with Crippen molar-refractivity contribution in [3.05, 3.63) is 60.3 Å². The minimum Gasteiger partial charge on any atom is -0.461 e. The van der Waals surface area contributed by atoms with Gasteiger partial charge in [0.2, 0.25) is 0 Å². The van der Waals surface area contributed by atoms with Crippen molar-refractivity contribution in [2.75, 3.05) is 6.61 Å². The summed E-state index contributed by atoms with van der Waals surface area (Å²) in [5, 5.41) is 0.823. The van der Waals surface area contributed by atoms with Gasteiger partial charge < -0.3 is 4.74 Å². The monoisotopic (exact) mass is 397 g/mol. The van der Waals surface area contributed by atoms with Gasteiger partial charge in [-0.2, -0.15) is 0 Å². The number of nitrogens with zero attached hydrogens (tertiary/aromatic N) is 1. The Morgan fingerprint density at radius 3 is 2.30 bits per heavy atom. The third-order valence-electron chi connectivity index (χ3n) is 3.66. The zero-order valence-electron chi connectivity index (χ0n) is 16.0. The fourth-order valence-electron chi connectivity index (χ4n) is 2.59. The third kappa shape index (κ3) is 4.99. The first-order valence-corrected chi connectivity index (χ1v) is 10.5. The van der Waals surface area contributed by atoms with Gasteiger partial charge >= 0.3 is 5.97 Å². The lowest BCUT2D eigenvalue weighted by atomic mass is 10.1. The van der Waals surface area contributed by atoms with Crippen molar-refractivity contribution in [1.82, 2.24) is 4.98 Å². The normalized spacial score (nSPS) is 11.4. The lowest BCUT2D eigenvalue weighted by Gasteiger charge is -2.17. The highest BCUT2D eigenvalue weighted by Crippen LogP contribution is 2.37. The SMILES string of the molecule is CCOC(=O)c1nc(-c2ccc(SC(C)(C)C)cc2)sc1-c1ccccc1. The molecule has 0 saturated heterocycles. The maximum Gasteiger partial charge on any atom is 0.358 e. The van der Waals surface area contributed by atoms with Crippen molar-refractivity contribution in [1.29, 1.82) is 0 Å². The highest BCUT2D eigenvalue weighted by atomic mass is 32.2. The number of carbonyl (C=O) groups excluding carboxylic acids is 1. The molecule has 0 amide bonds. The number of esters is 1. The molecule has 5 heteroatoms. The average molecular weight is 398 g/mol. The summed E-state index contributed by atoms with van der Waals surface area (Å²) in [6.07, 6.45) is 0. The van der Waals surface area contributed by atoms with E-state index in [0.717, 1.165) is 21.0 Å². The molecule has 0 N–H and O–H groups in total. The van der Waals surface area contributed by atoms with Crippen LogP contribution in [0.15, 0.2) is 59.5 Å². The highest BCUT2D eigenvalue weighted by Gasteiger charge is 2.21. The zero-order valence-corrected chi connectivity index (χ0v) is 17.6. The van der Waals surface area contributed by atoms with Gasteiger partial charge in [0.05, 0.1) is 11.5 Å². The van der Waals surface area contributed by atoms with Crippen molar-refractivity contribution in [3.8, 4) is 21.0 Å². The van der Waals surface area contributed by atoms with Crippen LogP contribution in [0.3, 0.4) is 0 Å². The standard InChI is InChI=1S/C22H23NO2S2/c1-5-25-21(24)18-19(15-9-7-6-8-10-15)26-20(23-18)16-11-13-17(14-12-16)27-22(2,3)4/h6-14H,5H2,1-4H3. The van der Waals surface area contributed by atoms with E-state index in [2.05, 4.69) is 50.0 Å². The van der Waals surface area contributed by atoms with Gasteiger partial charge in [0, 0.05) is 15.2 Å². The van der Waals surface area contributed by atoms with Gasteiger partial charge in [-0.1, -0.05) is 63.2 Å². The number of hydrogen-bond donors (Lipinski definition) is 0. The Kier molecular flexibility index (Phi) is 6.02. The van der Waals surface area contributed by atoms with Crippen LogP contribution in [0.4, 0.5) is 0 Å². The molecule has 0 atom stereocenters. The fourth-order valence-corrected chi connectivity index (χ4v) is 4.63. The van der Waals surface area contributed by atoms with Crippen LogP contribution in [0.2, 0.25) is 0 Å². The first-order chi connectivity index (χ1) is 12.9. The van der Waals surface area contributed by atoms with Crippen LogP contribution in [0.25, 0.3) is 21.0 Å². The number of rotatable bonds is 5. The number of ether oxygens (including phenoxy) is 1. The van der Waals surface area contributed by atoms with Crippen molar-refractivity contribution < 1.29 is 9.53 Å². The Hall–Kier alpha value is -2.11. The van der Waals surface area contributed by atoms with E-state index in [1.54, 1.807) is 6.92 Å². The Balaban J connectivity index is 1.98. The first kappa shape index (κ1) is 19.6. The maximum atomic E-state index is 12.4. The largest absolute Gasteiger partial charge is 0.461 e. The molecule has 0 saturated carbocycles. The molecule has 3 nitrogen and oxygen atoms in total. The number of benzene rings is 2. The minimum absolute atomic E-state index is 0.167. The molecular weight excluding hydrogens is 374 g/mol. The molecule has 140 valence electrons. The molecule has 0 fully saturated rings. The van der Waals surface area contributed by atoms with E-state index in [1.807, 2.05) is 42.1 Å². The van der Waals surface area contributed by atoms with Gasteiger partial charge in [-0.05, 0) is 24.6 Å². The smallest absolute Gasteiger partial charge is 0.358 e. The van der Waals surface area contributed by atoms with Crippen LogP contribution < -0.4 is 0 Å². The van der Waals surface area contributed by atoms with Gasteiger partial charge in [0.25, 0.3) is 0 Å². The summed E-state index contributed by atoms with van der Waals surface area (Å²) in [6, 6.07) is 18.2. The predicted molar refractivity (Wildman–Crippen MR) is 115 cm³/mol. The summed E-state index contributed by atoms with van der Waals surface area (Å²) in [6.45, 7) is 8.73. The first-order valence-electron chi connectivity index (χ1n) is 8.90. The van der Waals surface area contributed by atoms with Crippen LogP contribution in [-0.4, -0.2) is 22.3 Å².